The maximum atomic E-state index is 11.7. The highest BCUT2D eigenvalue weighted by atomic mass is 16.6. The first kappa shape index (κ1) is 19.5. The first-order valence-corrected chi connectivity index (χ1v) is 9.95. The maximum Gasteiger partial charge on any atom is 0.274 e. The Morgan fingerprint density at radius 3 is 2.72 bits per heavy atom. The van der Waals surface area contributed by atoms with Crippen molar-refractivity contribution in [1.29, 1.82) is 0 Å². The number of hydrogen-bond acceptors (Lipinski definition) is 8. The lowest BCUT2D eigenvalue weighted by Crippen LogP contribution is -2.15. The van der Waals surface area contributed by atoms with Crippen molar-refractivity contribution in [2.45, 2.75) is 6.92 Å². The van der Waals surface area contributed by atoms with Crippen molar-refractivity contribution in [3.8, 4) is 28.4 Å². The summed E-state index contributed by atoms with van der Waals surface area (Å²) >= 11 is 0. The Morgan fingerprint density at radius 1 is 1.09 bits per heavy atom. The molecule has 2 N–H and O–H groups in total. The monoisotopic (exact) mass is 429 g/mol. The normalized spacial score (nSPS) is 12.8. The van der Waals surface area contributed by atoms with Gasteiger partial charge in [0.1, 0.15) is 24.6 Å². The van der Waals surface area contributed by atoms with Gasteiger partial charge in [-0.2, -0.15) is 10.2 Å². The van der Waals surface area contributed by atoms with Gasteiger partial charge in [-0.05, 0) is 37.3 Å². The van der Waals surface area contributed by atoms with Gasteiger partial charge in [0.2, 0.25) is 5.95 Å². The van der Waals surface area contributed by atoms with Crippen LogP contribution in [0.25, 0.3) is 16.9 Å². The third-order valence-electron chi connectivity index (χ3n) is 4.81. The molecule has 0 saturated carbocycles. The first-order chi connectivity index (χ1) is 15.7. The molecule has 0 bridgehead atoms. The van der Waals surface area contributed by atoms with Crippen LogP contribution in [-0.2, 0) is 0 Å². The maximum absolute atomic E-state index is 11.7. The molecule has 1 aliphatic heterocycles. The number of fused-ring (bicyclic) bond motifs is 1. The SMILES string of the molecule is Cc1nnc(NN=Cc2cn(-c3ccccc3)nc2-c2ccc3c(c2)OCCO3)[nH]c1=O. The number of hydrogen-bond donors (Lipinski definition) is 2. The van der Waals surface area contributed by atoms with Gasteiger partial charge in [-0.1, -0.05) is 18.2 Å². The minimum atomic E-state index is -0.327. The second-order valence-corrected chi connectivity index (χ2v) is 7.03. The van der Waals surface area contributed by atoms with Crippen molar-refractivity contribution >= 4 is 12.2 Å². The molecule has 1 aliphatic rings. The molecule has 32 heavy (non-hydrogen) atoms. The van der Waals surface area contributed by atoms with E-state index >= 15 is 0 Å². The highest BCUT2D eigenvalue weighted by Gasteiger charge is 2.16. The van der Waals surface area contributed by atoms with Crippen LogP contribution in [0.2, 0.25) is 0 Å². The van der Waals surface area contributed by atoms with Gasteiger partial charge in [-0.3, -0.25) is 9.78 Å². The van der Waals surface area contributed by atoms with E-state index in [-0.39, 0.29) is 17.2 Å². The molecule has 10 heteroatoms. The minimum absolute atomic E-state index is 0.146. The number of aromatic nitrogens is 5. The van der Waals surface area contributed by atoms with Crippen LogP contribution in [0, 0.1) is 6.92 Å². The van der Waals surface area contributed by atoms with Crippen LogP contribution in [0.5, 0.6) is 11.5 Å². The highest BCUT2D eigenvalue weighted by molar-refractivity contribution is 5.89. The van der Waals surface area contributed by atoms with Gasteiger partial charge in [-0.15, -0.1) is 10.2 Å². The number of aryl methyl sites for hydroxylation is 1. The highest BCUT2D eigenvalue weighted by Crippen LogP contribution is 2.35. The fourth-order valence-electron chi connectivity index (χ4n) is 3.22. The Morgan fingerprint density at radius 2 is 1.91 bits per heavy atom. The quantitative estimate of drug-likeness (QED) is 0.370. The molecule has 10 nitrogen and oxygen atoms in total. The van der Waals surface area contributed by atoms with E-state index in [2.05, 4.69) is 25.7 Å². The molecule has 0 spiro atoms. The lowest BCUT2D eigenvalue weighted by atomic mass is 10.1. The summed E-state index contributed by atoms with van der Waals surface area (Å²) in [6, 6.07) is 15.5. The smallest absolute Gasteiger partial charge is 0.274 e. The van der Waals surface area contributed by atoms with E-state index < -0.39 is 0 Å². The third kappa shape index (κ3) is 3.93. The largest absolute Gasteiger partial charge is 0.486 e. The number of para-hydroxylation sites is 1. The Labute approximate surface area is 182 Å². The predicted octanol–water partition coefficient (Wildman–Crippen LogP) is 2.54. The van der Waals surface area contributed by atoms with E-state index in [0.717, 1.165) is 16.8 Å². The van der Waals surface area contributed by atoms with Crippen LogP contribution >= 0.6 is 0 Å². The van der Waals surface area contributed by atoms with Gasteiger partial charge in [0.05, 0.1) is 11.9 Å². The molecule has 0 saturated heterocycles. The number of hydrazone groups is 1. The Kier molecular flexibility index (Phi) is 5.08. The van der Waals surface area contributed by atoms with Crippen LogP contribution in [-0.4, -0.2) is 44.4 Å². The molecule has 0 fully saturated rings. The van der Waals surface area contributed by atoms with Crippen molar-refractivity contribution in [1.82, 2.24) is 25.0 Å². The lowest BCUT2D eigenvalue weighted by Gasteiger charge is -2.18. The molecular weight excluding hydrogens is 410 g/mol. The molecule has 0 amide bonds. The number of ether oxygens (including phenoxy) is 2. The fourth-order valence-corrected chi connectivity index (χ4v) is 3.22. The van der Waals surface area contributed by atoms with E-state index in [1.54, 1.807) is 17.8 Å². The van der Waals surface area contributed by atoms with Crippen molar-refractivity contribution < 1.29 is 9.47 Å². The average Bonchev–Trinajstić information content (AvgIpc) is 3.26. The number of nitrogens with zero attached hydrogens (tertiary/aromatic N) is 5. The van der Waals surface area contributed by atoms with Gasteiger partial charge in [0.25, 0.3) is 5.56 Å². The summed E-state index contributed by atoms with van der Waals surface area (Å²) in [4.78, 5) is 14.3. The summed E-state index contributed by atoms with van der Waals surface area (Å²) in [6.45, 7) is 2.61. The second-order valence-electron chi connectivity index (χ2n) is 7.03. The van der Waals surface area contributed by atoms with E-state index in [1.165, 1.54) is 0 Å². The number of nitrogens with one attached hydrogen (secondary N) is 2. The van der Waals surface area contributed by atoms with E-state index in [1.807, 2.05) is 54.7 Å². The Balaban J connectivity index is 1.51. The summed E-state index contributed by atoms with van der Waals surface area (Å²) in [6.07, 6.45) is 3.48. The summed E-state index contributed by atoms with van der Waals surface area (Å²) < 4.78 is 13.1. The molecule has 2 aromatic carbocycles. The molecular formula is C22H19N7O3. The van der Waals surface area contributed by atoms with Crippen LogP contribution in [0.4, 0.5) is 5.95 Å². The number of H-pyrrole nitrogens is 1. The Bertz CT molecular complexity index is 1350. The van der Waals surface area contributed by atoms with Gasteiger partial charge in [-0.25, -0.2) is 10.1 Å². The van der Waals surface area contributed by atoms with Crippen LogP contribution < -0.4 is 20.5 Å². The summed E-state index contributed by atoms with van der Waals surface area (Å²) in [5.41, 5.74) is 5.88. The molecule has 5 rings (SSSR count). The van der Waals surface area contributed by atoms with Crippen LogP contribution in [0.1, 0.15) is 11.3 Å². The number of rotatable bonds is 5. The molecule has 160 valence electrons. The fraction of sp³-hybridized carbons (Fsp3) is 0.136. The van der Waals surface area contributed by atoms with Crippen molar-refractivity contribution in [3.63, 3.8) is 0 Å². The van der Waals surface area contributed by atoms with E-state index in [4.69, 9.17) is 14.6 Å². The number of aromatic amines is 1. The third-order valence-corrected chi connectivity index (χ3v) is 4.81. The van der Waals surface area contributed by atoms with Gasteiger partial charge < -0.3 is 9.47 Å². The van der Waals surface area contributed by atoms with Gasteiger partial charge >= 0.3 is 0 Å². The molecule has 0 aliphatic carbocycles. The van der Waals surface area contributed by atoms with Crippen LogP contribution in [0.3, 0.4) is 0 Å². The number of benzene rings is 2. The Hall–Kier alpha value is -4.47. The molecule has 0 unspecified atom stereocenters. The van der Waals surface area contributed by atoms with Gasteiger partial charge in [0.15, 0.2) is 11.5 Å². The molecule has 2 aromatic heterocycles. The molecule has 4 aromatic rings. The average molecular weight is 429 g/mol. The summed E-state index contributed by atoms with van der Waals surface area (Å²) in [5.74, 6) is 1.53. The zero-order valence-corrected chi connectivity index (χ0v) is 17.1. The predicted molar refractivity (Wildman–Crippen MR) is 119 cm³/mol. The zero-order valence-electron chi connectivity index (χ0n) is 17.1. The standard InChI is InChI=1S/C22H19N7O3/c1-14-21(30)24-22(27-25-14)26-23-12-16-13-29(17-5-3-2-4-6-17)28-20(16)15-7-8-18-19(11-15)32-10-9-31-18/h2-8,11-13H,9-10H2,1H3,(H2,24,26,27,30). The minimum Gasteiger partial charge on any atom is -0.486 e. The second kappa shape index (κ2) is 8.34. The summed E-state index contributed by atoms with van der Waals surface area (Å²) in [7, 11) is 0. The van der Waals surface area contributed by atoms with Crippen molar-refractivity contribution in [3.05, 3.63) is 76.3 Å². The molecule has 0 atom stereocenters. The topological polar surface area (TPSA) is 119 Å². The van der Waals surface area contributed by atoms with Crippen molar-refractivity contribution in [2.24, 2.45) is 5.10 Å². The molecule has 3 heterocycles. The lowest BCUT2D eigenvalue weighted by molar-refractivity contribution is 0.171. The summed E-state index contributed by atoms with van der Waals surface area (Å²) in [5, 5.41) is 16.6. The molecule has 0 radical (unpaired) electrons. The van der Waals surface area contributed by atoms with Crippen molar-refractivity contribution in [2.75, 3.05) is 18.6 Å². The van der Waals surface area contributed by atoms with Gasteiger partial charge in [0, 0.05) is 17.3 Å². The zero-order chi connectivity index (χ0) is 21.9. The first-order valence-electron chi connectivity index (χ1n) is 9.95. The van der Waals surface area contributed by atoms with E-state index in [9.17, 15) is 4.79 Å². The number of anilines is 1. The van der Waals surface area contributed by atoms with E-state index in [0.29, 0.717) is 30.4 Å². The van der Waals surface area contributed by atoms with Crippen LogP contribution in [0.15, 0.2) is 64.6 Å².